The Morgan fingerprint density at radius 1 is 1.45 bits per heavy atom. The number of rotatable bonds is 6. The molecule has 1 rings (SSSR count). The number of carboxylic acid groups (broad SMARTS) is 1. The minimum Gasteiger partial charge on any atom is -0.489 e. The van der Waals surface area contributed by atoms with E-state index < -0.39 is 24.3 Å². The third-order valence-electron chi connectivity index (χ3n) is 2.29. The molecule has 1 unspecified atom stereocenters. The highest BCUT2D eigenvalue weighted by Gasteiger charge is 2.17. The molecule has 0 aliphatic carbocycles. The number of carbonyl (C=O) groups is 2. The van der Waals surface area contributed by atoms with Crippen molar-refractivity contribution in [2.24, 2.45) is 5.73 Å². The second-order valence-electron chi connectivity index (χ2n) is 4.51. The monoisotopic (exact) mass is 300 g/mol. The Morgan fingerprint density at radius 2 is 2.10 bits per heavy atom. The van der Waals surface area contributed by atoms with Gasteiger partial charge in [-0.25, -0.2) is 0 Å². The van der Waals surface area contributed by atoms with Gasteiger partial charge in [-0.3, -0.25) is 9.59 Å². The van der Waals surface area contributed by atoms with E-state index in [0.29, 0.717) is 16.5 Å². The molecule has 0 aromatic heterocycles. The number of ether oxygens (including phenoxy) is 1. The number of carbonyl (C=O) groups excluding carboxylic acids is 1. The van der Waals surface area contributed by atoms with Crippen molar-refractivity contribution < 1.29 is 19.4 Å². The molecule has 0 heterocycles. The lowest BCUT2D eigenvalue weighted by Gasteiger charge is -2.14. The highest BCUT2D eigenvalue weighted by Crippen LogP contribution is 2.28. The molecular formula is C13H17ClN2O4. The first-order valence-corrected chi connectivity index (χ1v) is 6.42. The summed E-state index contributed by atoms with van der Waals surface area (Å²) in [5.74, 6) is -1.21. The van der Waals surface area contributed by atoms with Crippen LogP contribution < -0.4 is 15.8 Å². The van der Waals surface area contributed by atoms with Crippen LogP contribution in [0.4, 0.5) is 5.69 Å². The van der Waals surface area contributed by atoms with Crippen LogP contribution in [-0.4, -0.2) is 29.1 Å². The lowest BCUT2D eigenvalue weighted by Crippen LogP contribution is -2.37. The van der Waals surface area contributed by atoms with E-state index in [1.807, 2.05) is 13.8 Å². The Labute approximate surface area is 121 Å². The third kappa shape index (κ3) is 5.07. The van der Waals surface area contributed by atoms with Gasteiger partial charge in [-0.1, -0.05) is 11.6 Å². The number of halogens is 1. The summed E-state index contributed by atoms with van der Waals surface area (Å²) in [6.07, 6.45) is -0.453. The molecule has 0 radical (unpaired) electrons. The Kier molecular flexibility index (Phi) is 5.79. The van der Waals surface area contributed by atoms with Gasteiger partial charge < -0.3 is 20.9 Å². The lowest BCUT2D eigenvalue weighted by molar-refractivity contribution is -0.138. The summed E-state index contributed by atoms with van der Waals surface area (Å²) in [5.41, 5.74) is 5.88. The van der Waals surface area contributed by atoms with Crippen LogP contribution in [0.5, 0.6) is 5.75 Å². The van der Waals surface area contributed by atoms with Crippen molar-refractivity contribution in [2.45, 2.75) is 32.4 Å². The van der Waals surface area contributed by atoms with Crippen molar-refractivity contribution in [1.29, 1.82) is 0 Å². The van der Waals surface area contributed by atoms with Gasteiger partial charge in [0.25, 0.3) is 0 Å². The number of amides is 1. The summed E-state index contributed by atoms with van der Waals surface area (Å²) in [6, 6.07) is 3.64. The van der Waals surface area contributed by atoms with Gasteiger partial charge in [0.2, 0.25) is 5.91 Å². The van der Waals surface area contributed by atoms with Crippen molar-refractivity contribution in [3.63, 3.8) is 0 Å². The Bertz CT molecular complexity index is 505. The van der Waals surface area contributed by atoms with E-state index in [-0.39, 0.29) is 6.10 Å². The molecule has 0 bridgehead atoms. The van der Waals surface area contributed by atoms with E-state index in [1.54, 1.807) is 12.1 Å². The van der Waals surface area contributed by atoms with Crippen LogP contribution in [0.3, 0.4) is 0 Å². The van der Waals surface area contributed by atoms with Gasteiger partial charge in [0.15, 0.2) is 0 Å². The maximum atomic E-state index is 11.6. The molecule has 0 aliphatic rings. The Balaban J connectivity index is 2.71. The number of nitrogens with two attached hydrogens (primary N) is 1. The lowest BCUT2D eigenvalue weighted by atomic mass is 10.2. The fourth-order valence-corrected chi connectivity index (χ4v) is 1.67. The third-order valence-corrected chi connectivity index (χ3v) is 2.59. The number of carboxylic acids is 1. The summed E-state index contributed by atoms with van der Waals surface area (Å²) in [4.78, 5) is 22.1. The van der Waals surface area contributed by atoms with Gasteiger partial charge in [-0.2, -0.15) is 0 Å². The molecule has 0 fully saturated rings. The summed E-state index contributed by atoms with van der Waals surface area (Å²) < 4.78 is 5.46. The molecule has 110 valence electrons. The zero-order valence-electron chi connectivity index (χ0n) is 11.2. The molecule has 0 aliphatic heterocycles. The summed E-state index contributed by atoms with van der Waals surface area (Å²) in [6.45, 7) is 3.74. The van der Waals surface area contributed by atoms with Crippen LogP contribution in [0, 0.1) is 0 Å². The molecule has 6 nitrogen and oxygen atoms in total. The molecule has 1 aromatic carbocycles. The average molecular weight is 301 g/mol. The number of hydrogen-bond acceptors (Lipinski definition) is 4. The minimum absolute atomic E-state index is 0.0167. The maximum Gasteiger partial charge on any atom is 0.305 e. The number of benzene rings is 1. The van der Waals surface area contributed by atoms with Crippen molar-refractivity contribution in [3.8, 4) is 5.75 Å². The fraction of sp³-hybridized carbons (Fsp3) is 0.385. The van der Waals surface area contributed by atoms with Crippen LogP contribution in [0.1, 0.15) is 20.3 Å². The molecule has 0 saturated carbocycles. The van der Waals surface area contributed by atoms with Gasteiger partial charge in [-0.15, -0.1) is 0 Å². The standard InChI is InChI=1S/C13H17ClN2O4/c1-7(2)20-11-4-3-8(5-9(11)14)16-13(19)10(15)6-12(17)18/h3-5,7,10H,6,15H2,1-2H3,(H,16,19)(H,17,18). The van der Waals surface area contributed by atoms with Gasteiger partial charge in [0, 0.05) is 5.69 Å². The molecule has 1 aromatic rings. The average Bonchev–Trinajstić information content (AvgIpc) is 2.31. The number of nitrogens with one attached hydrogen (secondary N) is 1. The molecule has 1 amide bonds. The SMILES string of the molecule is CC(C)Oc1ccc(NC(=O)C(N)CC(=O)O)cc1Cl. The first kappa shape index (κ1) is 16.3. The summed E-state index contributed by atoms with van der Waals surface area (Å²) >= 11 is 6.02. The Hall–Kier alpha value is -1.79. The molecule has 0 spiro atoms. The molecule has 20 heavy (non-hydrogen) atoms. The van der Waals surface area contributed by atoms with E-state index in [1.165, 1.54) is 6.07 Å². The van der Waals surface area contributed by atoms with Crippen molar-refractivity contribution in [3.05, 3.63) is 23.2 Å². The van der Waals surface area contributed by atoms with Crippen LogP contribution in [0.25, 0.3) is 0 Å². The predicted octanol–water partition coefficient (Wildman–Crippen LogP) is 1.87. The van der Waals surface area contributed by atoms with E-state index in [2.05, 4.69) is 5.32 Å². The van der Waals surface area contributed by atoms with Gasteiger partial charge >= 0.3 is 5.97 Å². The van der Waals surface area contributed by atoms with E-state index >= 15 is 0 Å². The molecular weight excluding hydrogens is 284 g/mol. The summed E-state index contributed by atoms with van der Waals surface area (Å²) in [5, 5.41) is 11.4. The highest BCUT2D eigenvalue weighted by molar-refractivity contribution is 6.32. The molecule has 0 saturated heterocycles. The molecule has 7 heteroatoms. The molecule has 1 atom stereocenters. The number of anilines is 1. The van der Waals surface area contributed by atoms with Crippen molar-refractivity contribution >= 4 is 29.2 Å². The smallest absolute Gasteiger partial charge is 0.305 e. The largest absolute Gasteiger partial charge is 0.489 e. The zero-order chi connectivity index (χ0) is 15.3. The zero-order valence-corrected chi connectivity index (χ0v) is 12.0. The first-order valence-electron chi connectivity index (χ1n) is 6.04. The van der Waals surface area contributed by atoms with Crippen LogP contribution >= 0.6 is 11.6 Å². The van der Waals surface area contributed by atoms with Crippen LogP contribution in [0.2, 0.25) is 5.02 Å². The molecule has 4 N–H and O–H groups in total. The highest BCUT2D eigenvalue weighted by atomic mass is 35.5. The number of aliphatic carboxylic acids is 1. The van der Waals surface area contributed by atoms with E-state index in [4.69, 9.17) is 27.2 Å². The summed E-state index contributed by atoms with van der Waals surface area (Å²) in [7, 11) is 0. The quantitative estimate of drug-likeness (QED) is 0.744. The minimum atomic E-state index is -1.13. The second kappa shape index (κ2) is 7.12. The Morgan fingerprint density at radius 3 is 2.60 bits per heavy atom. The van der Waals surface area contributed by atoms with E-state index in [0.717, 1.165) is 0 Å². The fourth-order valence-electron chi connectivity index (χ4n) is 1.44. The second-order valence-corrected chi connectivity index (χ2v) is 4.91. The van der Waals surface area contributed by atoms with Gasteiger partial charge in [-0.05, 0) is 32.0 Å². The van der Waals surface area contributed by atoms with Crippen LogP contribution in [0.15, 0.2) is 18.2 Å². The topological polar surface area (TPSA) is 102 Å². The van der Waals surface area contributed by atoms with E-state index in [9.17, 15) is 9.59 Å². The van der Waals surface area contributed by atoms with Gasteiger partial charge in [0.05, 0.1) is 23.6 Å². The first-order chi connectivity index (χ1) is 9.29. The normalized spacial score (nSPS) is 12.1. The maximum absolute atomic E-state index is 11.6. The number of hydrogen-bond donors (Lipinski definition) is 3. The van der Waals surface area contributed by atoms with Gasteiger partial charge in [0.1, 0.15) is 5.75 Å². The predicted molar refractivity (Wildman–Crippen MR) is 76.1 cm³/mol. The van der Waals surface area contributed by atoms with Crippen molar-refractivity contribution in [1.82, 2.24) is 0 Å². The van der Waals surface area contributed by atoms with Crippen molar-refractivity contribution in [2.75, 3.05) is 5.32 Å². The van der Waals surface area contributed by atoms with Crippen LogP contribution in [-0.2, 0) is 9.59 Å².